The Balaban J connectivity index is 1.86. The van der Waals surface area contributed by atoms with Gasteiger partial charge in [0.25, 0.3) is 0 Å². The van der Waals surface area contributed by atoms with Gasteiger partial charge in [0.05, 0.1) is 6.54 Å². The Kier molecular flexibility index (Phi) is 7.07. The second-order valence-corrected chi connectivity index (χ2v) is 8.11. The van der Waals surface area contributed by atoms with Gasteiger partial charge in [0, 0.05) is 37.9 Å². The Morgan fingerprint density at radius 1 is 1.16 bits per heavy atom. The number of hydrogen-bond donors (Lipinski definition) is 3. The molecule has 2 heterocycles. The van der Waals surface area contributed by atoms with Crippen molar-refractivity contribution in [2.45, 2.75) is 57.5 Å². The summed E-state index contributed by atoms with van der Waals surface area (Å²) in [4.78, 5) is 18.9. The summed E-state index contributed by atoms with van der Waals surface area (Å²) in [7, 11) is 1.74. The van der Waals surface area contributed by atoms with Gasteiger partial charge in [-0.05, 0) is 59.5 Å². The summed E-state index contributed by atoms with van der Waals surface area (Å²) in [5.74, 6) is 0.643. The molecule has 144 valence electrons. The van der Waals surface area contributed by atoms with E-state index in [1.54, 1.807) is 7.05 Å². The molecule has 2 aliphatic heterocycles. The zero-order chi connectivity index (χ0) is 18.3. The fraction of sp³-hybridized carbons (Fsp3) is 0.889. The maximum Gasteiger partial charge on any atom is 0.239 e. The molecule has 25 heavy (non-hydrogen) atoms. The third-order valence-electron chi connectivity index (χ3n) is 4.94. The predicted octanol–water partition coefficient (Wildman–Crippen LogP) is 0.711. The molecule has 0 spiro atoms. The lowest BCUT2D eigenvalue weighted by Gasteiger charge is -2.45. The van der Waals surface area contributed by atoms with E-state index in [-0.39, 0.29) is 23.5 Å². The van der Waals surface area contributed by atoms with Crippen LogP contribution in [0.3, 0.4) is 0 Å². The van der Waals surface area contributed by atoms with Gasteiger partial charge in [0.1, 0.15) is 0 Å². The topological polar surface area (TPSA) is 78.0 Å². The lowest BCUT2D eigenvalue weighted by molar-refractivity contribution is -0.121. The molecular weight excluding hydrogens is 318 g/mol. The van der Waals surface area contributed by atoms with Crippen LogP contribution in [0.25, 0.3) is 0 Å². The maximum atomic E-state index is 12.0. The number of amides is 1. The van der Waals surface area contributed by atoms with Crippen LogP contribution in [-0.2, 0) is 9.53 Å². The normalized spacial score (nSPS) is 21.8. The van der Waals surface area contributed by atoms with Crippen molar-refractivity contribution in [1.82, 2.24) is 20.9 Å². The highest BCUT2D eigenvalue weighted by molar-refractivity contribution is 5.86. The molecule has 1 amide bonds. The fourth-order valence-electron chi connectivity index (χ4n) is 3.64. The first-order valence-electron chi connectivity index (χ1n) is 9.43. The predicted molar refractivity (Wildman–Crippen MR) is 101 cm³/mol. The third kappa shape index (κ3) is 6.15. The Hall–Kier alpha value is -1.34. The minimum absolute atomic E-state index is 0.0317. The Labute approximate surface area is 152 Å². The minimum Gasteiger partial charge on any atom is -0.381 e. The summed E-state index contributed by atoms with van der Waals surface area (Å²) in [5, 5.41) is 9.50. The van der Waals surface area contributed by atoms with Gasteiger partial charge in [-0.25, -0.2) is 0 Å². The number of aliphatic imine (C=N–C) groups is 1. The number of guanidine groups is 1. The van der Waals surface area contributed by atoms with Crippen LogP contribution in [0.4, 0.5) is 0 Å². The number of nitrogens with zero attached hydrogens (tertiary/aromatic N) is 2. The fourth-order valence-corrected chi connectivity index (χ4v) is 3.64. The molecule has 0 saturated carbocycles. The zero-order valence-electron chi connectivity index (χ0n) is 16.3. The number of likely N-dealkylation sites (tertiary alicyclic amines) is 1. The quantitative estimate of drug-likeness (QED) is 0.501. The van der Waals surface area contributed by atoms with Crippen LogP contribution in [0.15, 0.2) is 4.99 Å². The second kappa shape index (κ2) is 8.85. The van der Waals surface area contributed by atoms with Crippen LogP contribution in [0, 0.1) is 0 Å². The third-order valence-corrected chi connectivity index (χ3v) is 4.94. The summed E-state index contributed by atoms with van der Waals surface area (Å²) in [6, 6.07) is 0. The van der Waals surface area contributed by atoms with Gasteiger partial charge in [-0.2, -0.15) is 0 Å². The van der Waals surface area contributed by atoms with Crippen LogP contribution in [0.2, 0.25) is 0 Å². The van der Waals surface area contributed by atoms with Crippen LogP contribution in [0.5, 0.6) is 0 Å². The van der Waals surface area contributed by atoms with E-state index in [0.717, 1.165) is 32.6 Å². The SMILES string of the molecule is CN=C(NCC(=O)NC(C)(C)C)NCC1(N2CCCC2)CCOCC1. The van der Waals surface area contributed by atoms with E-state index in [1.165, 1.54) is 25.9 Å². The summed E-state index contributed by atoms with van der Waals surface area (Å²) in [5.41, 5.74) is -0.0857. The van der Waals surface area contributed by atoms with Crippen molar-refractivity contribution in [3.05, 3.63) is 0 Å². The highest BCUT2D eigenvalue weighted by Gasteiger charge is 2.39. The number of carbonyl (C=O) groups excluding carboxylic acids is 1. The van der Waals surface area contributed by atoms with Gasteiger partial charge >= 0.3 is 0 Å². The molecule has 7 nitrogen and oxygen atoms in total. The summed E-state index contributed by atoms with van der Waals surface area (Å²) < 4.78 is 5.59. The first kappa shape index (κ1) is 20.0. The minimum atomic E-state index is -0.225. The smallest absolute Gasteiger partial charge is 0.239 e. The Morgan fingerprint density at radius 3 is 2.36 bits per heavy atom. The summed E-state index contributed by atoms with van der Waals surface area (Å²) in [6.45, 7) is 10.9. The van der Waals surface area contributed by atoms with Crippen molar-refractivity contribution in [3.8, 4) is 0 Å². The summed E-state index contributed by atoms with van der Waals surface area (Å²) >= 11 is 0. The van der Waals surface area contributed by atoms with E-state index in [9.17, 15) is 4.79 Å². The Morgan fingerprint density at radius 2 is 1.80 bits per heavy atom. The number of carbonyl (C=O) groups is 1. The standard InChI is InChI=1S/C18H35N5O2/c1-17(2,3)22-15(24)13-20-16(19-4)21-14-18(7-11-25-12-8-18)23-9-5-6-10-23/h5-14H2,1-4H3,(H,22,24)(H2,19,20,21). The van der Waals surface area contributed by atoms with Gasteiger partial charge in [-0.3, -0.25) is 14.7 Å². The average molecular weight is 354 g/mol. The molecule has 0 aromatic rings. The number of rotatable bonds is 5. The molecule has 0 aromatic heterocycles. The lowest BCUT2D eigenvalue weighted by atomic mass is 9.88. The molecule has 0 unspecified atom stereocenters. The molecule has 0 atom stereocenters. The molecule has 2 rings (SSSR count). The van der Waals surface area contributed by atoms with Crippen LogP contribution < -0.4 is 16.0 Å². The van der Waals surface area contributed by atoms with Gasteiger partial charge in [0.15, 0.2) is 5.96 Å². The molecule has 2 aliphatic rings. The van der Waals surface area contributed by atoms with Crippen molar-refractivity contribution in [2.75, 3.05) is 46.4 Å². The molecular formula is C18H35N5O2. The van der Waals surface area contributed by atoms with E-state index >= 15 is 0 Å². The molecule has 0 radical (unpaired) electrons. The molecule has 2 fully saturated rings. The van der Waals surface area contributed by atoms with Crippen LogP contribution in [-0.4, -0.2) is 74.3 Å². The van der Waals surface area contributed by atoms with E-state index in [0.29, 0.717) is 5.96 Å². The van der Waals surface area contributed by atoms with Crippen molar-refractivity contribution in [1.29, 1.82) is 0 Å². The van der Waals surface area contributed by atoms with Crippen molar-refractivity contribution in [2.24, 2.45) is 4.99 Å². The van der Waals surface area contributed by atoms with Gasteiger partial charge < -0.3 is 20.7 Å². The summed E-state index contributed by atoms with van der Waals surface area (Å²) in [6.07, 6.45) is 4.65. The molecule has 7 heteroatoms. The number of hydrogen-bond acceptors (Lipinski definition) is 4. The van der Waals surface area contributed by atoms with Crippen molar-refractivity contribution < 1.29 is 9.53 Å². The highest BCUT2D eigenvalue weighted by Crippen LogP contribution is 2.30. The van der Waals surface area contributed by atoms with Crippen molar-refractivity contribution in [3.63, 3.8) is 0 Å². The number of nitrogens with one attached hydrogen (secondary N) is 3. The monoisotopic (exact) mass is 353 g/mol. The van der Waals surface area contributed by atoms with Crippen molar-refractivity contribution >= 4 is 11.9 Å². The zero-order valence-corrected chi connectivity index (χ0v) is 16.3. The van der Waals surface area contributed by atoms with Gasteiger partial charge in [0.2, 0.25) is 5.91 Å². The average Bonchev–Trinajstić information content (AvgIpc) is 3.09. The van der Waals surface area contributed by atoms with Crippen LogP contribution >= 0.6 is 0 Å². The van der Waals surface area contributed by atoms with Gasteiger partial charge in [-0.15, -0.1) is 0 Å². The van der Waals surface area contributed by atoms with Crippen LogP contribution in [0.1, 0.15) is 46.5 Å². The first-order valence-corrected chi connectivity index (χ1v) is 9.43. The molecule has 0 bridgehead atoms. The van der Waals surface area contributed by atoms with E-state index < -0.39 is 0 Å². The van der Waals surface area contributed by atoms with Gasteiger partial charge in [-0.1, -0.05) is 0 Å². The molecule has 0 aliphatic carbocycles. The molecule has 2 saturated heterocycles. The maximum absolute atomic E-state index is 12.0. The number of ether oxygens (including phenoxy) is 1. The largest absolute Gasteiger partial charge is 0.381 e. The first-order chi connectivity index (χ1) is 11.8. The van der Waals surface area contributed by atoms with E-state index in [4.69, 9.17) is 4.74 Å². The van der Waals surface area contributed by atoms with E-state index in [1.807, 2.05) is 20.8 Å². The Bertz CT molecular complexity index is 461. The lowest BCUT2D eigenvalue weighted by Crippen LogP contribution is -2.59. The highest BCUT2D eigenvalue weighted by atomic mass is 16.5. The molecule has 3 N–H and O–H groups in total. The second-order valence-electron chi connectivity index (χ2n) is 8.11. The molecule has 0 aromatic carbocycles. The van der Waals surface area contributed by atoms with E-state index in [2.05, 4.69) is 25.8 Å².